The monoisotopic (exact) mass is 274 g/mol. The Morgan fingerprint density at radius 1 is 1.25 bits per heavy atom. The zero-order valence-electron chi connectivity index (χ0n) is 13.0. The van der Waals surface area contributed by atoms with Gasteiger partial charge in [0.2, 0.25) is 0 Å². The van der Waals surface area contributed by atoms with Crippen molar-refractivity contribution in [2.75, 3.05) is 11.9 Å². The summed E-state index contributed by atoms with van der Waals surface area (Å²) in [5, 5.41) is 3.37. The quantitative estimate of drug-likeness (QED) is 0.910. The Kier molecular flexibility index (Phi) is 4.69. The minimum absolute atomic E-state index is 0.160. The first-order chi connectivity index (χ1) is 9.49. The van der Waals surface area contributed by atoms with Gasteiger partial charge in [-0.2, -0.15) is 0 Å². The fourth-order valence-electron chi connectivity index (χ4n) is 2.83. The van der Waals surface area contributed by atoms with E-state index in [-0.39, 0.29) is 5.91 Å². The van der Waals surface area contributed by atoms with E-state index in [0.29, 0.717) is 18.0 Å². The molecule has 1 N–H and O–H groups in total. The predicted molar refractivity (Wildman–Crippen MR) is 84.1 cm³/mol. The Morgan fingerprint density at radius 2 is 1.95 bits per heavy atom. The highest BCUT2D eigenvalue weighted by Crippen LogP contribution is 2.26. The number of nitrogens with zero attached hydrogens (tertiary/aromatic N) is 1. The molecule has 1 fully saturated rings. The van der Waals surface area contributed by atoms with Gasteiger partial charge in [0.1, 0.15) is 0 Å². The van der Waals surface area contributed by atoms with Gasteiger partial charge in [-0.05, 0) is 51.7 Å². The van der Waals surface area contributed by atoms with Crippen LogP contribution in [0.15, 0.2) is 24.3 Å². The molecule has 1 aliphatic heterocycles. The van der Waals surface area contributed by atoms with Crippen LogP contribution in [-0.2, 0) is 0 Å². The largest absolute Gasteiger partial charge is 0.382 e. The molecule has 0 aliphatic carbocycles. The predicted octanol–water partition coefficient (Wildman–Crippen LogP) is 3.77. The molecule has 1 aromatic rings. The lowest BCUT2D eigenvalue weighted by molar-refractivity contribution is 0.0575. The fraction of sp³-hybridized carbons (Fsp3) is 0.588. The number of anilines is 1. The molecule has 0 aromatic heterocycles. The molecule has 2 rings (SSSR count). The van der Waals surface area contributed by atoms with Crippen molar-refractivity contribution >= 4 is 11.6 Å². The molecule has 1 saturated heterocycles. The average molecular weight is 274 g/mol. The van der Waals surface area contributed by atoms with E-state index in [9.17, 15) is 4.79 Å². The van der Waals surface area contributed by atoms with Crippen LogP contribution >= 0.6 is 0 Å². The summed E-state index contributed by atoms with van der Waals surface area (Å²) in [5.41, 5.74) is 1.74. The van der Waals surface area contributed by atoms with E-state index in [1.165, 1.54) is 6.42 Å². The minimum atomic E-state index is 0.160. The second-order valence-electron chi connectivity index (χ2n) is 6.33. The van der Waals surface area contributed by atoms with Crippen LogP contribution < -0.4 is 5.32 Å². The summed E-state index contributed by atoms with van der Waals surface area (Å²) in [6, 6.07) is 8.50. The number of nitrogens with one attached hydrogen (secondary N) is 1. The van der Waals surface area contributed by atoms with E-state index in [2.05, 4.69) is 33.0 Å². The van der Waals surface area contributed by atoms with Crippen LogP contribution in [0.2, 0.25) is 0 Å². The summed E-state index contributed by atoms with van der Waals surface area (Å²) in [6.45, 7) is 9.43. The second kappa shape index (κ2) is 6.29. The molecule has 20 heavy (non-hydrogen) atoms. The van der Waals surface area contributed by atoms with E-state index >= 15 is 0 Å². The molecule has 2 atom stereocenters. The number of amides is 1. The van der Waals surface area contributed by atoms with Gasteiger partial charge in [0.05, 0.1) is 5.56 Å². The molecule has 110 valence electrons. The van der Waals surface area contributed by atoms with Crippen LogP contribution in [-0.4, -0.2) is 29.4 Å². The van der Waals surface area contributed by atoms with Gasteiger partial charge in [0, 0.05) is 24.3 Å². The van der Waals surface area contributed by atoms with Crippen LogP contribution in [0.3, 0.4) is 0 Å². The maximum absolute atomic E-state index is 12.8. The van der Waals surface area contributed by atoms with Crippen molar-refractivity contribution < 1.29 is 4.79 Å². The normalized spacial score (nSPS) is 22.9. The van der Waals surface area contributed by atoms with Gasteiger partial charge in [0.15, 0.2) is 0 Å². The van der Waals surface area contributed by atoms with Crippen molar-refractivity contribution in [3.05, 3.63) is 29.8 Å². The molecule has 0 radical (unpaired) electrons. The first-order valence-electron chi connectivity index (χ1n) is 7.65. The molecular weight excluding hydrogens is 248 g/mol. The number of carbonyl (C=O) groups excluding carboxylic acids is 1. The molecule has 0 bridgehead atoms. The van der Waals surface area contributed by atoms with Gasteiger partial charge < -0.3 is 10.2 Å². The molecule has 2 unspecified atom stereocenters. The Hall–Kier alpha value is -1.51. The highest BCUT2D eigenvalue weighted by atomic mass is 16.2. The van der Waals surface area contributed by atoms with Gasteiger partial charge in [0.25, 0.3) is 5.91 Å². The van der Waals surface area contributed by atoms with Gasteiger partial charge in [-0.1, -0.05) is 19.1 Å². The highest BCUT2D eigenvalue weighted by molar-refractivity contribution is 5.99. The lowest BCUT2D eigenvalue weighted by Crippen LogP contribution is -2.45. The first-order valence-corrected chi connectivity index (χ1v) is 7.65. The summed E-state index contributed by atoms with van der Waals surface area (Å²) >= 11 is 0. The van der Waals surface area contributed by atoms with Crippen molar-refractivity contribution in [2.24, 2.45) is 5.92 Å². The number of piperidine rings is 1. The minimum Gasteiger partial charge on any atom is -0.382 e. The molecule has 0 spiro atoms. The highest BCUT2D eigenvalue weighted by Gasteiger charge is 2.28. The Balaban J connectivity index is 2.24. The third kappa shape index (κ3) is 3.33. The third-order valence-electron chi connectivity index (χ3n) is 3.98. The number of hydrogen-bond acceptors (Lipinski definition) is 2. The van der Waals surface area contributed by atoms with Crippen LogP contribution in [0.1, 0.15) is 50.9 Å². The average Bonchev–Trinajstić information content (AvgIpc) is 2.41. The van der Waals surface area contributed by atoms with Crippen LogP contribution in [0, 0.1) is 5.92 Å². The maximum Gasteiger partial charge on any atom is 0.256 e. The first kappa shape index (κ1) is 14.9. The fourth-order valence-corrected chi connectivity index (χ4v) is 2.83. The van der Waals surface area contributed by atoms with Gasteiger partial charge in [-0.15, -0.1) is 0 Å². The maximum atomic E-state index is 12.8. The number of likely N-dealkylation sites (tertiary alicyclic amines) is 1. The van der Waals surface area contributed by atoms with E-state index in [1.807, 2.05) is 29.2 Å². The molecule has 1 heterocycles. The number of hydrogen-bond donors (Lipinski definition) is 1. The van der Waals surface area contributed by atoms with Gasteiger partial charge in [-0.25, -0.2) is 0 Å². The molecule has 1 aromatic carbocycles. The summed E-state index contributed by atoms with van der Waals surface area (Å²) < 4.78 is 0. The van der Waals surface area contributed by atoms with E-state index in [1.54, 1.807) is 0 Å². The summed E-state index contributed by atoms with van der Waals surface area (Å²) in [7, 11) is 0. The third-order valence-corrected chi connectivity index (χ3v) is 3.98. The lowest BCUT2D eigenvalue weighted by Gasteiger charge is -2.37. The zero-order valence-corrected chi connectivity index (χ0v) is 13.0. The van der Waals surface area contributed by atoms with E-state index < -0.39 is 0 Å². The standard InChI is InChI=1S/C17H26N2O/c1-12(2)18-16-8-6-5-7-15(16)17(20)19-11-13(3)9-10-14(19)4/h5-8,12-14,18H,9-11H2,1-4H3. The number of para-hydroxylation sites is 1. The van der Waals surface area contributed by atoms with Gasteiger partial charge in [-0.3, -0.25) is 4.79 Å². The summed E-state index contributed by atoms with van der Waals surface area (Å²) in [5.74, 6) is 0.758. The van der Waals surface area contributed by atoms with Crippen LogP contribution in [0.4, 0.5) is 5.69 Å². The molecule has 1 amide bonds. The molecule has 3 nitrogen and oxygen atoms in total. The number of carbonyl (C=O) groups is 1. The lowest BCUT2D eigenvalue weighted by atomic mass is 9.94. The van der Waals surface area contributed by atoms with Crippen molar-refractivity contribution in [1.82, 2.24) is 4.90 Å². The Morgan fingerprint density at radius 3 is 2.65 bits per heavy atom. The van der Waals surface area contributed by atoms with Crippen molar-refractivity contribution in [3.8, 4) is 0 Å². The number of benzene rings is 1. The second-order valence-corrected chi connectivity index (χ2v) is 6.33. The van der Waals surface area contributed by atoms with E-state index in [0.717, 1.165) is 24.2 Å². The molecular formula is C17H26N2O. The topological polar surface area (TPSA) is 32.3 Å². The zero-order chi connectivity index (χ0) is 14.7. The summed E-state index contributed by atoms with van der Waals surface area (Å²) in [4.78, 5) is 14.9. The SMILES string of the molecule is CC1CCC(C)N(C(=O)c2ccccc2NC(C)C)C1. The van der Waals surface area contributed by atoms with Crippen molar-refractivity contribution in [3.63, 3.8) is 0 Å². The summed E-state index contributed by atoms with van der Waals surface area (Å²) in [6.07, 6.45) is 2.32. The van der Waals surface area contributed by atoms with Crippen molar-refractivity contribution in [2.45, 2.75) is 52.6 Å². The van der Waals surface area contributed by atoms with Gasteiger partial charge >= 0.3 is 0 Å². The van der Waals surface area contributed by atoms with Crippen LogP contribution in [0.25, 0.3) is 0 Å². The van der Waals surface area contributed by atoms with Crippen LogP contribution in [0.5, 0.6) is 0 Å². The molecule has 1 aliphatic rings. The Labute approximate surface area is 122 Å². The molecule has 0 saturated carbocycles. The molecule has 3 heteroatoms. The van der Waals surface area contributed by atoms with Crippen molar-refractivity contribution in [1.29, 1.82) is 0 Å². The Bertz CT molecular complexity index is 470. The smallest absolute Gasteiger partial charge is 0.256 e. The van der Waals surface area contributed by atoms with E-state index in [4.69, 9.17) is 0 Å². The number of rotatable bonds is 3.